The van der Waals surface area contributed by atoms with Crippen LogP contribution in [-0.4, -0.2) is 58.4 Å². The van der Waals surface area contributed by atoms with Crippen LogP contribution in [0, 0.1) is 5.82 Å². The Morgan fingerprint density at radius 3 is 2.70 bits per heavy atom. The number of aliphatic hydroxyl groups excluding tert-OH is 1. The summed E-state index contributed by atoms with van der Waals surface area (Å²) in [5.41, 5.74) is -1.13. The van der Waals surface area contributed by atoms with Crippen LogP contribution < -0.4 is 20.7 Å². The van der Waals surface area contributed by atoms with Crippen molar-refractivity contribution in [2.45, 2.75) is 54.5 Å². The highest BCUT2D eigenvalue weighted by Gasteiger charge is 2.55. The van der Waals surface area contributed by atoms with Crippen molar-refractivity contribution in [1.29, 1.82) is 0 Å². The molecule has 2 atom stereocenters. The van der Waals surface area contributed by atoms with E-state index in [9.17, 15) is 19.1 Å². The van der Waals surface area contributed by atoms with Crippen molar-refractivity contribution < 1.29 is 23.8 Å². The number of nitrogens with one attached hydrogen (secondary N) is 3. The smallest absolute Gasteiger partial charge is 0.258 e. The summed E-state index contributed by atoms with van der Waals surface area (Å²) in [5, 5.41) is 19.9. The van der Waals surface area contributed by atoms with Crippen LogP contribution in [-0.2, 0) is 9.59 Å². The van der Waals surface area contributed by atoms with Gasteiger partial charge in [0.25, 0.3) is 5.91 Å². The summed E-state index contributed by atoms with van der Waals surface area (Å²) in [6.45, 7) is 0.382. The molecule has 5 rings (SSSR count). The van der Waals surface area contributed by atoms with E-state index in [-0.39, 0.29) is 34.4 Å². The average molecular weight is 458 g/mol. The molecule has 7 nitrogen and oxygen atoms in total. The molecule has 4 fully saturated rings. The zero-order valence-electron chi connectivity index (χ0n) is 16.4. The van der Waals surface area contributed by atoms with Crippen molar-refractivity contribution in [3.05, 3.63) is 29.0 Å². The first kappa shape index (κ1) is 21.7. The maximum absolute atomic E-state index is 13.5. The van der Waals surface area contributed by atoms with Crippen molar-refractivity contribution in [2.75, 3.05) is 19.0 Å². The lowest BCUT2D eigenvalue weighted by molar-refractivity contribution is -0.135. The fraction of sp³-hybridized carbons (Fsp3) is 0.600. The van der Waals surface area contributed by atoms with Crippen molar-refractivity contribution in [3.63, 3.8) is 0 Å². The third kappa shape index (κ3) is 4.39. The van der Waals surface area contributed by atoms with E-state index in [1.165, 1.54) is 12.1 Å². The predicted molar refractivity (Wildman–Crippen MR) is 112 cm³/mol. The SMILES string of the molecule is O=C(COc1ccc(Cl)c(F)c1)NC12CCC(NC(=O)C3CNCS3)(CC1)C(O)C2. The zero-order chi connectivity index (χ0) is 21.4. The zero-order valence-corrected chi connectivity index (χ0v) is 18.0. The van der Waals surface area contributed by atoms with E-state index < -0.39 is 23.0 Å². The van der Waals surface area contributed by atoms with Gasteiger partial charge in [0.05, 0.1) is 21.9 Å². The molecular weight excluding hydrogens is 433 g/mol. The van der Waals surface area contributed by atoms with Gasteiger partial charge in [-0.25, -0.2) is 4.39 Å². The number of aliphatic hydroxyl groups is 1. The van der Waals surface area contributed by atoms with Gasteiger partial charge in [-0.05, 0) is 44.2 Å². The fourth-order valence-corrected chi connectivity index (χ4v) is 5.61. The maximum Gasteiger partial charge on any atom is 0.258 e. The van der Waals surface area contributed by atoms with Gasteiger partial charge in [-0.1, -0.05) is 11.6 Å². The molecule has 0 aromatic heterocycles. The first-order valence-corrected chi connectivity index (χ1v) is 11.4. The maximum atomic E-state index is 13.5. The Morgan fingerprint density at radius 1 is 1.30 bits per heavy atom. The summed E-state index contributed by atoms with van der Waals surface area (Å²) < 4.78 is 18.9. The Morgan fingerprint density at radius 2 is 2.07 bits per heavy atom. The second-order valence-corrected chi connectivity index (χ2v) is 9.91. The molecule has 1 aromatic carbocycles. The van der Waals surface area contributed by atoms with Crippen LogP contribution >= 0.6 is 23.4 Å². The summed E-state index contributed by atoms with van der Waals surface area (Å²) in [5.74, 6) is 0.00228. The minimum Gasteiger partial charge on any atom is -0.484 e. The quantitative estimate of drug-likeness (QED) is 0.517. The molecule has 164 valence electrons. The molecule has 0 spiro atoms. The summed E-state index contributed by atoms with van der Waals surface area (Å²) in [6, 6.07) is 4.00. The molecule has 2 unspecified atom stereocenters. The molecule has 2 bridgehead atoms. The Balaban J connectivity index is 1.31. The van der Waals surface area contributed by atoms with Gasteiger partial charge in [0.2, 0.25) is 5.91 Å². The molecule has 3 aliphatic carbocycles. The van der Waals surface area contributed by atoms with Crippen LogP contribution in [0.5, 0.6) is 5.75 Å². The number of rotatable bonds is 6. The molecule has 1 heterocycles. The second kappa shape index (κ2) is 8.53. The molecule has 10 heteroatoms. The lowest BCUT2D eigenvalue weighted by Crippen LogP contribution is -2.70. The van der Waals surface area contributed by atoms with Crippen LogP contribution in [0.3, 0.4) is 0 Å². The predicted octanol–water partition coefficient (Wildman–Crippen LogP) is 1.57. The van der Waals surface area contributed by atoms with E-state index in [2.05, 4.69) is 16.0 Å². The van der Waals surface area contributed by atoms with Gasteiger partial charge in [0, 0.05) is 24.0 Å². The second-order valence-electron chi connectivity index (χ2n) is 8.31. The van der Waals surface area contributed by atoms with Crippen molar-refractivity contribution in [1.82, 2.24) is 16.0 Å². The number of hydrogen-bond acceptors (Lipinski definition) is 6. The molecule has 1 saturated heterocycles. The minimum absolute atomic E-state index is 0.0116. The van der Waals surface area contributed by atoms with Gasteiger partial charge in [-0.3, -0.25) is 9.59 Å². The van der Waals surface area contributed by atoms with Crippen LogP contribution in [0.4, 0.5) is 4.39 Å². The van der Waals surface area contributed by atoms with E-state index in [1.54, 1.807) is 11.8 Å². The van der Waals surface area contributed by atoms with Crippen molar-refractivity contribution in [2.24, 2.45) is 0 Å². The van der Waals surface area contributed by atoms with Gasteiger partial charge in [-0.2, -0.15) is 0 Å². The first-order chi connectivity index (χ1) is 14.3. The van der Waals surface area contributed by atoms with Crippen molar-refractivity contribution in [3.8, 4) is 5.75 Å². The highest BCUT2D eigenvalue weighted by Crippen LogP contribution is 2.47. The first-order valence-electron chi connectivity index (χ1n) is 10.0. The fourth-order valence-electron chi connectivity index (χ4n) is 4.61. The summed E-state index contributed by atoms with van der Waals surface area (Å²) in [4.78, 5) is 25.0. The van der Waals surface area contributed by atoms with Crippen LogP contribution in [0.25, 0.3) is 0 Å². The highest BCUT2D eigenvalue weighted by atomic mass is 35.5. The van der Waals surface area contributed by atoms with E-state index in [1.807, 2.05) is 0 Å². The largest absolute Gasteiger partial charge is 0.484 e. The third-order valence-electron chi connectivity index (χ3n) is 6.37. The Hall–Kier alpha value is -1.55. The highest BCUT2D eigenvalue weighted by molar-refractivity contribution is 8.00. The van der Waals surface area contributed by atoms with Gasteiger partial charge in [-0.15, -0.1) is 11.8 Å². The Bertz CT molecular complexity index is 828. The molecule has 4 N–H and O–H groups in total. The molecular formula is C20H25ClFN3O4S. The summed E-state index contributed by atoms with van der Waals surface area (Å²) >= 11 is 7.21. The number of carbonyl (C=O) groups excluding carboxylic acids is 2. The molecule has 30 heavy (non-hydrogen) atoms. The van der Waals surface area contributed by atoms with Crippen molar-refractivity contribution >= 4 is 35.2 Å². The minimum atomic E-state index is -0.727. The molecule has 3 saturated carbocycles. The van der Waals surface area contributed by atoms with Crippen LogP contribution in [0.1, 0.15) is 32.1 Å². The van der Waals surface area contributed by atoms with Crippen LogP contribution in [0.15, 0.2) is 18.2 Å². The monoisotopic (exact) mass is 457 g/mol. The number of thioether (sulfide) groups is 1. The molecule has 0 radical (unpaired) electrons. The third-order valence-corrected chi connectivity index (χ3v) is 7.83. The van der Waals surface area contributed by atoms with E-state index in [0.29, 0.717) is 38.6 Å². The average Bonchev–Trinajstić information content (AvgIpc) is 3.25. The molecule has 1 aliphatic heterocycles. The topological polar surface area (TPSA) is 99.7 Å². The summed E-state index contributed by atoms with van der Waals surface area (Å²) in [7, 11) is 0. The van der Waals surface area contributed by atoms with Crippen LogP contribution in [0.2, 0.25) is 5.02 Å². The normalized spacial score (nSPS) is 32.6. The van der Waals surface area contributed by atoms with E-state index >= 15 is 0 Å². The van der Waals surface area contributed by atoms with Gasteiger partial charge < -0.3 is 25.8 Å². The lowest BCUT2D eigenvalue weighted by atomic mass is 9.60. The molecule has 2 amide bonds. The van der Waals surface area contributed by atoms with E-state index in [4.69, 9.17) is 16.3 Å². The number of benzene rings is 1. The molecule has 4 aliphatic rings. The Labute approximate surface area is 183 Å². The standard InChI is InChI=1S/C20H25ClFN3O4S/c21-13-2-1-12(7-14(13)22)29-10-17(27)24-19-3-5-20(6-4-19,16(26)8-19)25-18(28)15-9-23-11-30-15/h1-2,7,15-16,23,26H,3-6,8-11H2,(H,24,27)(H,25,28). The lowest BCUT2D eigenvalue weighted by Gasteiger charge is -2.56. The number of hydrogen-bond donors (Lipinski definition) is 4. The Kier molecular flexibility index (Phi) is 6.16. The number of halogens is 2. The summed E-state index contributed by atoms with van der Waals surface area (Å²) in [6.07, 6.45) is 2.20. The number of fused-ring (bicyclic) bond motifs is 3. The van der Waals surface area contributed by atoms with E-state index in [0.717, 1.165) is 11.9 Å². The molecule has 1 aromatic rings. The van der Waals surface area contributed by atoms with Gasteiger partial charge in [0.15, 0.2) is 6.61 Å². The van der Waals surface area contributed by atoms with Gasteiger partial charge in [0.1, 0.15) is 11.6 Å². The number of ether oxygens (including phenoxy) is 1. The number of amides is 2. The van der Waals surface area contributed by atoms with Gasteiger partial charge >= 0.3 is 0 Å². The number of carbonyl (C=O) groups is 2.